The van der Waals surface area contributed by atoms with Gasteiger partial charge in [0.25, 0.3) is 0 Å². The molecule has 0 aromatic carbocycles. The lowest BCUT2D eigenvalue weighted by atomic mass is 9.78. The van der Waals surface area contributed by atoms with Gasteiger partial charge in [0.2, 0.25) is 5.91 Å². The van der Waals surface area contributed by atoms with Crippen LogP contribution >= 0.6 is 12.4 Å². The number of nitrogens with one attached hydrogen (secondary N) is 1. The Kier molecular flexibility index (Phi) is 7.21. The number of carbonyl (C=O) groups is 1. The smallest absolute Gasteiger partial charge is 0.226 e. The molecule has 134 valence electrons. The fourth-order valence-corrected chi connectivity index (χ4v) is 4.82. The molecule has 2 heterocycles. The zero-order valence-electron chi connectivity index (χ0n) is 14.9. The third-order valence-corrected chi connectivity index (χ3v) is 6.27. The van der Waals surface area contributed by atoms with Crippen LogP contribution in [0.15, 0.2) is 0 Å². The van der Waals surface area contributed by atoms with Gasteiger partial charge in [-0.15, -0.1) is 12.4 Å². The number of hydrogen-bond donors (Lipinski definition) is 1. The summed E-state index contributed by atoms with van der Waals surface area (Å²) in [6.45, 7) is 6.41. The van der Waals surface area contributed by atoms with Gasteiger partial charge in [0.15, 0.2) is 0 Å². The summed E-state index contributed by atoms with van der Waals surface area (Å²) < 4.78 is 0. The number of amides is 1. The first kappa shape index (κ1) is 19.1. The minimum Gasteiger partial charge on any atom is -0.341 e. The van der Waals surface area contributed by atoms with Crippen LogP contribution in [0.4, 0.5) is 0 Å². The SMILES string of the molecule is CC(C)C(CC1CCCCC1)C(=O)N1CCC2CCC(C1)N2.Cl. The van der Waals surface area contributed by atoms with E-state index in [-0.39, 0.29) is 18.3 Å². The van der Waals surface area contributed by atoms with Gasteiger partial charge in [-0.05, 0) is 37.5 Å². The van der Waals surface area contributed by atoms with Crippen molar-refractivity contribution in [1.29, 1.82) is 0 Å². The molecule has 2 bridgehead atoms. The van der Waals surface area contributed by atoms with Gasteiger partial charge in [-0.2, -0.15) is 0 Å². The molecule has 2 saturated heterocycles. The van der Waals surface area contributed by atoms with Gasteiger partial charge in [0, 0.05) is 31.1 Å². The van der Waals surface area contributed by atoms with Crippen LogP contribution in [0.3, 0.4) is 0 Å². The largest absolute Gasteiger partial charge is 0.341 e. The van der Waals surface area contributed by atoms with Crippen molar-refractivity contribution in [3.8, 4) is 0 Å². The van der Waals surface area contributed by atoms with E-state index in [9.17, 15) is 4.79 Å². The molecular formula is C19H35ClN2O. The molecule has 0 spiro atoms. The number of halogens is 1. The second-order valence-corrected chi connectivity index (χ2v) is 8.30. The van der Waals surface area contributed by atoms with Gasteiger partial charge in [-0.25, -0.2) is 0 Å². The second kappa shape index (κ2) is 8.71. The molecule has 3 fully saturated rings. The summed E-state index contributed by atoms with van der Waals surface area (Å²) in [5.74, 6) is 1.98. The van der Waals surface area contributed by atoms with Crippen LogP contribution in [0.2, 0.25) is 0 Å². The van der Waals surface area contributed by atoms with Crippen molar-refractivity contribution in [3.05, 3.63) is 0 Å². The Bertz CT molecular complexity index is 382. The standard InChI is InChI=1S/C19H34N2O.ClH/c1-14(2)18(12-15-6-4-3-5-7-15)19(22)21-11-10-16-8-9-17(13-21)20-16;/h14-18,20H,3-13H2,1-2H3;1H. The maximum absolute atomic E-state index is 13.1. The highest BCUT2D eigenvalue weighted by Gasteiger charge is 2.35. The molecule has 3 unspecified atom stereocenters. The number of hydrogen-bond acceptors (Lipinski definition) is 2. The molecule has 2 aliphatic heterocycles. The number of carbonyl (C=O) groups excluding carboxylic acids is 1. The molecule has 4 heteroatoms. The number of rotatable bonds is 4. The molecule has 3 nitrogen and oxygen atoms in total. The summed E-state index contributed by atoms with van der Waals surface area (Å²) in [6.07, 6.45) is 11.7. The summed E-state index contributed by atoms with van der Waals surface area (Å²) in [7, 11) is 0. The predicted molar refractivity (Wildman–Crippen MR) is 97.9 cm³/mol. The molecule has 3 rings (SSSR count). The van der Waals surface area contributed by atoms with Gasteiger partial charge in [-0.1, -0.05) is 46.0 Å². The molecule has 0 radical (unpaired) electrons. The lowest BCUT2D eigenvalue weighted by molar-refractivity contribution is -0.138. The van der Waals surface area contributed by atoms with Gasteiger partial charge in [-0.3, -0.25) is 4.79 Å². The highest BCUT2D eigenvalue weighted by atomic mass is 35.5. The van der Waals surface area contributed by atoms with Crippen molar-refractivity contribution in [2.75, 3.05) is 13.1 Å². The maximum Gasteiger partial charge on any atom is 0.226 e. The van der Waals surface area contributed by atoms with Crippen molar-refractivity contribution in [3.63, 3.8) is 0 Å². The van der Waals surface area contributed by atoms with Crippen LogP contribution in [0.25, 0.3) is 0 Å². The molecule has 0 aromatic rings. The summed E-state index contributed by atoms with van der Waals surface area (Å²) in [4.78, 5) is 15.3. The van der Waals surface area contributed by atoms with E-state index in [2.05, 4.69) is 24.1 Å². The number of fused-ring (bicyclic) bond motifs is 2. The molecule has 1 amide bonds. The lowest BCUT2D eigenvalue weighted by Gasteiger charge is -2.33. The third kappa shape index (κ3) is 4.85. The van der Waals surface area contributed by atoms with Crippen LogP contribution in [0, 0.1) is 17.8 Å². The summed E-state index contributed by atoms with van der Waals surface area (Å²) in [5, 5.41) is 3.69. The van der Waals surface area contributed by atoms with E-state index in [1.807, 2.05) is 0 Å². The monoisotopic (exact) mass is 342 g/mol. The molecule has 23 heavy (non-hydrogen) atoms. The first-order valence-corrected chi connectivity index (χ1v) is 9.68. The van der Waals surface area contributed by atoms with Crippen LogP contribution in [-0.2, 0) is 4.79 Å². The number of nitrogens with zero attached hydrogens (tertiary/aromatic N) is 1. The Morgan fingerprint density at radius 1 is 1.04 bits per heavy atom. The lowest BCUT2D eigenvalue weighted by Crippen LogP contribution is -2.43. The van der Waals surface area contributed by atoms with Crippen LogP contribution < -0.4 is 5.32 Å². The summed E-state index contributed by atoms with van der Waals surface area (Å²) in [6, 6.07) is 1.22. The highest BCUT2D eigenvalue weighted by molar-refractivity contribution is 5.85. The Morgan fingerprint density at radius 2 is 1.74 bits per heavy atom. The van der Waals surface area contributed by atoms with E-state index in [1.54, 1.807) is 0 Å². The van der Waals surface area contributed by atoms with Gasteiger partial charge in [0.05, 0.1) is 0 Å². The Balaban J connectivity index is 0.00000192. The van der Waals surface area contributed by atoms with E-state index in [4.69, 9.17) is 0 Å². The van der Waals surface area contributed by atoms with Crippen LogP contribution in [0.1, 0.15) is 71.6 Å². The van der Waals surface area contributed by atoms with E-state index >= 15 is 0 Å². The maximum atomic E-state index is 13.1. The Hall–Kier alpha value is -0.280. The van der Waals surface area contributed by atoms with Crippen LogP contribution in [0.5, 0.6) is 0 Å². The third-order valence-electron chi connectivity index (χ3n) is 6.27. The van der Waals surface area contributed by atoms with E-state index in [1.165, 1.54) is 44.9 Å². The molecule has 0 aromatic heterocycles. The van der Waals surface area contributed by atoms with Crippen molar-refractivity contribution in [2.24, 2.45) is 17.8 Å². The van der Waals surface area contributed by atoms with Gasteiger partial charge in [0.1, 0.15) is 0 Å². The van der Waals surface area contributed by atoms with E-state index in [0.29, 0.717) is 23.9 Å². The second-order valence-electron chi connectivity index (χ2n) is 8.30. The van der Waals surface area contributed by atoms with E-state index in [0.717, 1.165) is 31.8 Å². The number of likely N-dealkylation sites (tertiary alicyclic amines) is 1. The topological polar surface area (TPSA) is 32.3 Å². The summed E-state index contributed by atoms with van der Waals surface area (Å²) in [5.41, 5.74) is 0. The predicted octanol–water partition coefficient (Wildman–Crippen LogP) is 4.00. The average molecular weight is 343 g/mol. The fraction of sp³-hybridized carbons (Fsp3) is 0.947. The quantitative estimate of drug-likeness (QED) is 0.837. The molecule has 3 aliphatic rings. The molecule has 1 N–H and O–H groups in total. The van der Waals surface area contributed by atoms with Gasteiger partial charge < -0.3 is 10.2 Å². The fourth-order valence-electron chi connectivity index (χ4n) is 4.82. The Labute approximate surface area is 148 Å². The average Bonchev–Trinajstić information content (AvgIpc) is 2.84. The van der Waals surface area contributed by atoms with Crippen molar-refractivity contribution in [2.45, 2.75) is 83.7 Å². The van der Waals surface area contributed by atoms with Crippen molar-refractivity contribution < 1.29 is 4.79 Å². The highest BCUT2D eigenvalue weighted by Crippen LogP contribution is 2.33. The normalized spacial score (nSPS) is 30.0. The van der Waals surface area contributed by atoms with Crippen LogP contribution in [-0.4, -0.2) is 36.0 Å². The first-order chi connectivity index (χ1) is 10.6. The molecule has 1 saturated carbocycles. The summed E-state index contributed by atoms with van der Waals surface area (Å²) >= 11 is 0. The van der Waals surface area contributed by atoms with Crippen molar-refractivity contribution in [1.82, 2.24) is 10.2 Å². The minimum absolute atomic E-state index is 0. The molecular weight excluding hydrogens is 308 g/mol. The molecule has 3 atom stereocenters. The zero-order valence-corrected chi connectivity index (χ0v) is 15.7. The van der Waals surface area contributed by atoms with Crippen molar-refractivity contribution >= 4 is 18.3 Å². The minimum atomic E-state index is 0. The Morgan fingerprint density at radius 3 is 2.43 bits per heavy atom. The van der Waals surface area contributed by atoms with Gasteiger partial charge >= 0.3 is 0 Å². The zero-order chi connectivity index (χ0) is 15.5. The first-order valence-electron chi connectivity index (χ1n) is 9.68. The van der Waals surface area contributed by atoms with E-state index < -0.39 is 0 Å². The molecule has 1 aliphatic carbocycles.